The van der Waals surface area contributed by atoms with Crippen LogP contribution in [-0.2, 0) is 12.0 Å². The van der Waals surface area contributed by atoms with Crippen LogP contribution in [0.4, 0.5) is 0 Å². The van der Waals surface area contributed by atoms with Crippen LogP contribution in [-0.4, -0.2) is 33.8 Å². The first kappa shape index (κ1) is 14.8. The zero-order chi connectivity index (χ0) is 15.0. The molecule has 0 N–H and O–H groups in total. The topological polar surface area (TPSA) is 38.1 Å². The van der Waals surface area contributed by atoms with Gasteiger partial charge in [-0.05, 0) is 18.9 Å². The molecule has 0 spiro atoms. The van der Waals surface area contributed by atoms with Gasteiger partial charge in [-0.1, -0.05) is 33.6 Å². The Balaban J connectivity index is 1.62. The van der Waals surface area contributed by atoms with Crippen molar-refractivity contribution >= 4 is 0 Å². The number of aromatic nitrogens is 2. The van der Waals surface area contributed by atoms with Crippen LogP contribution in [0.3, 0.4) is 0 Å². The van der Waals surface area contributed by atoms with Crippen LogP contribution in [0.5, 0.6) is 0 Å². The van der Waals surface area contributed by atoms with E-state index in [4.69, 9.17) is 0 Å². The molecule has 4 heteroatoms. The monoisotopic (exact) mass is 289 g/mol. The van der Waals surface area contributed by atoms with Gasteiger partial charge < -0.3 is 0 Å². The fourth-order valence-electron chi connectivity index (χ4n) is 3.52. The maximum atomic E-state index is 12.0. The van der Waals surface area contributed by atoms with Crippen LogP contribution in [0.1, 0.15) is 52.1 Å². The number of nitrogens with zero attached hydrogens (tertiary/aromatic N) is 3. The average molecular weight is 289 g/mol. The van der Waals surface area contributed by atoms with Gasteiger partial charge in [0.15, 0.2) is 0 Å². The second-order valence-electron chi connectivity index (χ2n) is 7.75. The Morgan fingerprint density at radius 1 is 1.19 bits per heavy atom. The highest BCUT2D eigenvalue weighted by atomic mass is 16.1. The first-order chi connectivity index (χ1) is 9.93. The van der Waals surface area contributed by atoms with Gasteiger partial charge >= 0.3 is 0 Å². The third-order valence-electron chi connectivity index (χ3n) is 4.89. The number of rotatable bonds is 3. The first-order valence-electron chi connectivity index (χ1n) is 8.26. The van der Waals surface area contributed by atoms with E-state index in [2.05, 4.69) is 30.8 Å². The maximum Gasteiger partial charge on any atom is 0.266 e. The third-order valence-corrected chi connectivity index (χ3v) is 4.89. The molecule has 1 aromatic rings. The average Bonchev–Trinajstić information content (AvgIpc) is 2.87. The van der Waals surface area contributed by atoms with Crippen molar-refractivity contribution in [1.82, 2.24) is 14.7 Å². The highest BCUT2D eigenvalue weighted by Crippen LogP contribution is 2.29. The molecule has 0 unspecified atom stereocenters. The lowest BCUT2D eigenvalue weighted by Crippen LogP contribution is -2.53. The zero-order valence-electron chi connectivity index (χ0n) is 13.5. The summed E-state index contributed by atoms with van der Waals surface area (Å²) in [6.07, 6.45) is 5.51. The SMILES string of the molecule is CC(C)(C)c1ccc(=O)n(CC2CN(C3CCCC3)C2)n1. The van der Waals surface area contributed by atoms with Gasteiger partial charge in [0.1, 0.15) is 0 Å². The molecule has 0 amide bonds. The zero-order valence-corrected chi connectivity index (χ0v) is 13.5. The quantitative estimate of drug-likeness (QED) is 0.857. The molecular formula is C17H27N3O. The molecule has 1 saturated carbocycles. The van der Waals surface area contributed by atoms with Gasteiger partial charge in [-0.3, -0.25) is 9.69 Å². The molecule has 2 heterocycles. The predicted octanol–water partition coefficient (Wildman–Crippen LogP) is 2.42. The van der Waals surface area contributed by atoms with Crippen molar-refractivity contribution in [2.45, 2.75) is 64.5 Å². The molecule has 1 aliphatic carbocycles. The lowest BCUT2D eigenvalue weighted by molar-refractivity contribution is 0.0428. The number of hydrogen-bond donors (Lipinski definition) is 0. The molecule has 2 fully saturated rings. The van der Waals surface area contributed by atoms with Crippen molar-refractivity contribution in [3.8, 4) is 0 Å². The summed E-state index contributed by atoms with van der Waals surface area (Å²) in [5, 5.41) is 4.57. The van der Waals surface area contributed by atoms with Gasteiger partial charge in [-0.2, -0.15) is 5.10 Å². The molecule has 1 aromatic heterocycles. The predicted molar refractivity (Wildman–Crippen MR) is 84.5 cm³/mol. The maximum absolute atomic E-state index is 12.0. The Bertz CT molecular complexity index is 546. The lowest BCUT2D eigenvalue weighted by Gasteiger charge is -2.43. The molecule has 21 heavy (non-hydrogen) atoms. The van der Waals surface area contributed by atoms with Crippen molar-refractivity contribution < 1.29 is 0 Å². The van der Waals surface area contributed by atoms with E-state index in [0.29, 0.717) is 5.92 Å². The first-order valence-corrected chi connectivity index (χ1v) is 8.26. The largest absolute Gasteiger partial charge is 0.300 e. The summed E-state index contributed by atoms with van der Waals surface area (Å²) >= 11 is 0. The van der Waals surface area contributed by atoms with Gasteiger partial charge in [0.2, 0.25) is 0 Å². The molecule has 0 atom stereocenters. The summed E-state index contributed by atoms with van der Waals surface area (Å²) in [5.74, 6) is 0.589. The van der Waals surface area contributed by atoms with E-state index in [-0.39, 0.29) is 11.0 Å². The van der Waals surface area contributed by atoms with Crippen LogP contribution >= 0.6 is 0 Å². The summed E-state index contributed by atoms with van der Waals surface area (Å²) in [5.41, 5.74) is 1.02. The van der Waals surface area contributed by atoms with Crippen molar-refractivity contribution in [2.75, 3.05) is 13.1 Å². The molecule has 1 saturated heterocycles. The normalized spacial score (nSPS) is 21.7. The summed E-state index contributed by atoms with van der Waals surface area (Å²) in [4.78, 5) is 14.6. The number of likely N-dealkylation sites (tertiary alicyclic amines) is 1. The van der Waals surface area contributed by atoms with Gasteiger partial charge in [-0.15, -0.1) is 0 Å². The second-order valence-corrected chi connectivity index (χ2v) is 7.75. The van der Waals surface area contributed by atoms with E-state index in [9.17, 15) is 4.79 Å². The van der Waals surface area contributed by atoms with Gasteiger partial charge in [0.05, 0.1) is 12.2 Å². The van der Waals surface area contributed by atoms with Gasteiger partial charge in [-0.25, -0.2) is 4.68 Å². The smallest absolute Gasteiger partial charge is 0.266 e. The van der Waals surface area contributed by atoms with E-state index in [1.165, 1.54) is 25.7 Å². The van der Waals surface area contributed by atoms with Crippen molar-refractivity contribution in [2.24, 2.45) is 5.92 Å². The fourth-order valence-corrected chi connectivity index (χ4v) is 3.52. The van der Waals surface area contributed by atoms with E-state index in [1.54, 1.807) is 10.7 Å². The summed E-state index contributed by atoms with van der Waals surface area (Å²) in [6, 6.07) is 4.35. The Labute approximate surface area is 127 Å². The standard InChI is InChI=1S/C17H27N3O/c1-17(2,3)15-8-9-16(21)20(18-15)12-13-10-19(11-13)14-6-4-5-7-14/h8-9,13-14H,4-7,10-12H2,1-3H3. The Morgan fingerprint density at radius 3 is 2.48 bits per heavy atom. The molecule has 2 aliphatic rings. The van der Waals surface area contributed by atoms with Crippen LogP contribution in [0, 0.1) is 5.92 Å². The van der Waals surface area contributed by atoms with E-state index in [1.807, 2.05) is 6.07 Å². The molecule has 0 aromatic carbocycles. The minimum Gasteiger partial charge on any atom is -0.300 e. The van der Waals surface area contributed by atoms with Crippen molar-refractivity contribution in [1.29, 1.82) is 0 Å². The van der Waals surface area contributed by atoms with Crippen molar-refractivity contribution in [3.05, 3.63) is 28.2 Å². The fraction of sp³-hybridized carbons (Fsp3) is 0.765. The Hall–Kier alpha value is -1.16. The minimum atomic E-state index is -0.00898. The Morgan fingerprint density at radius 2 is 1.86 bits per heavy atom. The van der Waals surface area contributed by atoms with Crippen LogP contribution < -0.4 is 5.56 Å². The second kappa shape index (κ2) is 5.56. The molecule has 1 aliphatic heterocycles. The lowest BCUT2D eigenvalue weighted by atomic mass is 9.92. The highest BCUT2D eigenvalue weighted by Gasteiger charge is 2.34. The van der Waals surface area contributed by atoms with E-state index in [0.717, 1.165) is 31.4 Å². The van der Waals surface area contributed by atoms with E-state index >= 15 is 0 Å². The molecule has 3 rings (SSSR count). The van der Waals surface area contributed by atoms with Gasteiger partial charge in [0, 0.05) is 36.5 Å². The van der Waals surface area contributed by atoms with Crippen LogP contribution in [0.25, 0.3) is 0 Å². The summed E-state index contributed by atoms with van der Waals surface area (Å²) in [6.45, 7) is 9.45. The summed E-state index contributed by atoms with van der Waals surface area (Å²) < 4.78 is 1.68. The third kappa shape index (κ3) is 3.20. The molecule has 116 valence electrons. The Kier molecular flexibility index (Phi) is 3.91. The van der Waals surface area contributed by atoms with Crippen LogP contribution in [0.2, 0.25) is 0 Å². The molecular weight excluding hydrogens is 262 g/mol. The summed E-state index contributed by atoms with van der Waals surface area (Å²) in [7, 11) is 0. The minimum absolute atomic E-state index is 0.00898. The van der Waals surface area contributed by atoms with E-state index < -0.39 is 0 Å². The van der Waals surface area contributed by atoms with Crippen molar-refractivity contribution in [3.63, 3.8) is 0 Å². The van der Waals surface area contributed by atoms with Gasteiger partial charge in [0.25, 0.3) is 5.56 Å². The number of hydrogen-bond acceptors (Lipinski definition) is 3. The molecule has 0 radical (unpaired) electrons. The molecule has 4 nitrogen and oxygen atoms in total. The van der Waals surface area contributed by atoms with Crippen LogP contribution in [0.15, 0.2) is 16.9 Å². The highest BCUT2D eigenvalue weighted by molar-refractivity contribution is 5.10. The molecule has 0 bridgehead atoms.